The number of rotatable bonds is 1. The van der Waals surface area contributed by atoms with Crippen LogP contribution in [0.1, 0.15) is 18.5 Å². The highest BCUT2D eigenvalue weighted by Gasteiger charge is 2.27. The molecule has 2 heterocycles. The molecule has 80 valence electrons. The molecule has 1 atom stereocenters. The molecule has 2 rings (SSSR count). The van der Waals surface area contributed by atoms with E-state index in [4.69, 9.17) is 0 Å². The van der Waals surface area contributed by atoms with Crippen LogP contribution in [0.25, 0.3) is 0 Å². The Labute approximate surface area is 97.6 Å². The van der Waals surface area contributed by atoms with E-state index in [9.17, 15) is 4.79 Å². The topological polar surface area (TPSA) is 33.2 Å². The Morgan fingerprint density at radius 1 is 1.53 bits per heavy atom. The van der Waals surface area contributed by atoms with Crippen LogP contribution in [0, 0.1) is 6.92 Å². The fourth-order valence-electron chi connectivity index (χ4n) is 1.71. The molecule has 0 spiro atoms. The minimum Gasteiger partial charge on any atom is -0.310 e. The highest BCUT2D eigenvalue weighted by atomic mass is 79.9. The van der Waals surface area contributed by atoms with E-state index in [1.807, 2.05) is 19.1 Å². The molecule has 3 nitrogen and oxygen atoms in total. The van der Waals surface area contributed by atoms with Gasteiger partial charge in [0.2, 0.25) is 5.91 Å². The minimum atomic E-state index is -0.0347. The summed E-state index contributed by atoms with van der Waals surface area (Å²) in [4.78, 5) is 17.8. The molecule has 1 saturated heterocycles. The summed E-state index contributed by atoms with van der Waals surface area (Å²) < 4.78 is 0. The Balaban J connectivity index is 2.22. The largest absolute Gasteiger partial charge is 0.310 e. The van der Waals surface area contributed by atoms with Crippen molar-refractivity contribution in [1.29, 1.82) is 0 Å². The van der Waals surface area contributed by atoms with E-state index >= 15 is 0 Å². The molecular weight excluding hydrogens is 256 g/mol. The van der Waals surface area contributed by atoms with Crippen LogP contribution < -0.4 is 4.90 Å². The van der Waals surface area contributed by atoms with Gasteiger partial charge in [-0.3, -0.25) is 9.78 Å². The van der Waals surface area contributed by atoms with Crippen LogP contribution in [0.15, 0.2) is 18.3 Å². The first-order valence-electron chi connectivity index (χ1n) is 5.06. The van der Waals surface area contributed by atoms with Crippen LogP contribution in [-0.2, 0) is 4.79 Å². The van der Waals surface area contributed by atoms with Crippen LogP contribution >= 0.6 is 15.9 Å². The van der Waals surface area contributed by atoms with Crippen molar-refractivity contribution >= 4 is 27.5 Å². The van der Waals surface area contributed by atoms with Gasteiger partial charge >= 0.3 is 0 Å². The van der Waals surface area contributed by atoms with E-state index in [-0.39, 0.29) is 10.7 Å². The van der Waals surface area contributed by atoms with E-state index < -0.39 is 0 Å². The van der Waals surface area contributed by atoms with Crippen molar-refractivity contribution in [3.8, 4) is 0 Å². The van der Waals surface area contributed by atoms with Gasteiger partial charge in [-0.05, 0) is 31.9 Å². The first-order valence-corrected chi connectivity index (χ1v) is 5.98. The number of hydrogen-bond donors (Lipinski definition) is 0. The molecule has 1 amide bonds. The molecule has 1 unspecified atom stereocenters. The number of piperidine rings is 1. The predicted molar refractivity (Wildman–Crippen MR) is 63.3 cm³/mol. The van der Waals surface area contributed by atoms with Gasteiger partial charge in [0.05, 0.1) is 16.7 Å². The van der Waals surface area contributed by atoms with Crippen molar-refractivity contribution < 1.29 is 4.79 Å². The van der Waals surface area contributed by atoms with Gasteiger partial charge in [0.1, 0.15) is 0 Å². The van der Waals surface area contributed by atoms with Crippen molar-refractivity contribution in [2.45, 2.75) is 24.6 Å². The SMILES string of the molecule is Cc1ccc(N2CCCC(Br)C2=O)cn1. The lowest BCUT2D eigenvalue weighted by atomic mass is 10.1. The third-order valence-electron chi connectivity index (χ3n) is 2.58. The molecule has 1 aromatic heterocycles. The summed E-state index contributed by atoms with van der Waals surface area (Å²) in [6.45, 7) is 2.74. The number of carbonyl (C=O) groups is 1. The van der Waals surface area contributed by atoms with Crippen molar-refractivity contribution in [2.75, 3.05) is 11.4 Å². The molecule has 1 aromatic rings. The number of pyridine rings is 1. The number of aromatic nitrogens is 1. The molecule has 0 radical (unpaired) electrons. The molecule has 0 aromatic carbocycles. The number of halogens is 1. The fourth-order valence-corrected chi connectivity index (χ4v) is 2.28. The van der Waals surface area contributed by atoms with Gasteiger partial charge in [-0.15, -0.1) is 0 Å². The third-order valence-corrected chi connectivity index (χ3v) is 3.43. The highest BCUT2D eigenvalue weighted by Crippen LogP contribution is 2.23. The molecular formula is C11H13BrN2O. The molecule has 0 aliphatic carbocycles. The van der Waals surface area contributed by atoms with Gasteiger partial charge < -0.3 is 4.90 Å². The normalized spacial score (nSPS) is 21.9. The van der Waals surface area contributed by atoms with Crippen LogP contribution in [0.5, 0.6) is 0 Å². The summed E-state index contributed by atoms with van der Waals surface area (Å²) in [7, 11) is 0. The Kier molecular flexibility index (Phi) is 3.05. The first-order chi connectivity index (χ1) is 7.18. The molecule has 1 aliphatic rings. The second-order valence-corrected chi connectivity index (χ2v) is 4.86. The molecule has 0 bridgehead atoms. The van der Waals surface area contributed by atoms with Crippen LogP contribution in [0.4, 0.5) is 5.69 Å². The maximum Gasteiger partial charge on any atom is 0.240 e. The summed E-state index contributed by atoms with van der Waals surface area (Å²) in [6, 6.07) is 3.88. The van der Waals surface area contributed by atoms with Crippen LogP contribution in [-0.4, -0.2) is 22.3 Å². The zero-order valence-electron chi connectivity index (χ0n) is 8.61. The number of anilines is 1. The van der Waals surface area contributed by atoms with Crippen molar-refractivity contribution in [3.63, 3.8) is 0 Å². The number of nitrogens with zero attached hydrogens (tertiary/aromatic N) is 2. The van der Waals surface area contributed by atoms with Gasteiger partial charge in [-0.2, -0.15) is 0 Å². The Morgan fingerprint density at radius 2 is 2.33 bits per heavy atom. The molecule has 1 fully saturated rings. The summed E-state index contributed by atoms with van der Waals surface area (Å²) in [5, 5.41) is 0. The van der Waals surface area contributed by atoms with E-state index in [1.54, 1.807) is 11.1 Å². The lowest BCUT2D eigenvalue weighted by molar-refractivity contribution is -0.118. The van der Waals surface area contributed by atoms with Crippen molar-refractivity contribution in [3.05, 3.63) is 24.0 Å². The predicted octanol–water partition coefficient (Wildman–Crippen LogP) is 2.28. The van der Waals surface area contributed by atoms with Crippen LogP contribution in [0.2, 0.25) is 0 Å². The average Bonchev–Trinajstić information content (AvgIpc) is 2.24. The lowest BCUT2D eigenvalue weighted by Crippen LogP contribution is -2.41. The number of alkyl halides is 1. The monoisotopic (exact) mass is 268 g/mol. The maximum atomic E-state index is 11.9. The van der Waals surface area contributed by atoms with E-state index in [2.05, 4.69) is 20.9 Å². The Morgan fingerprint density at radius 3 is 3.00 bits per heavy atom. The molecule has 0 N–H and O–H groups in total. The second-order valence-electron chi connectivity index (χ2n) is 3.76. The van der Waals surface area contributed by atoms with Gasteiger partial charge in [-0.1, -0.05) is 15.9 Å². The smallest absolute Gasteiger partial charge is 0.240 e. The average molecular weight is 269 g/mol. The van der Waals surface area contributed by atoms with E-state index in [0.717, 1.165) is 30.8 Å². The molecule has 0 saturated carbocycles. The Bertz CT molecular complexity index is 363. The summed E-state index contributed by atoms with van der Waals surface area (Å²) >= 11 is 3.39. The minimum absolute atomic E-state index is 0.0347. The quantitative estimate of drug-likeness (QED) is 0.733. The third kappa shape index (κ3) is 2.20. The van der Waals surface area contributed by atoms with Crippen LogP contribution in [0.3, 0.4) is 0 Å². The highest BCUT2D eigenvalue weighted by molar-refractivity contribution is 9.10. The van der Waals surface area contributed by atoms with Crippen molar-refractivity contribution in [1.82, 2.24) is 4.98 Å². The summed E-state index contributed by atoms with van der Waals surface area (Å²) in [5.41, 5.74) is 1.87. The van der Waals surface area contributed by atoms with Gasteiger partial charge in [0, 0.05) is 12.2 Å². The summed E-state index contributed by atoms with van der Waals surface area (Å²) in [6.07, 6.45) is 3.72. The molecule has 4 heteroatoms. The number of carbonyl (C=O) groups excluding carboxylic acids is 1. The van der Waals surface area contributed by atoms with Gasteiger partial charge in [0.25, 0.3) is 0 Å². The number of amides is 1. The van der Waals surface area contributed by atoms with E-state index in [1.165, 1.54) is 0 Å². The Hall–Kier alpha value is -0.900. The molecule has 1 aliphatic heterocycles. The van der Waals surface area contributed by atoms with Gasteiger partial charge in [-0.25, -0.2) is 0 Å². The lowest BCUT2D eigenvalue weighted by Gasteiger charge is -2.29. The van der Waals surface area contributed by atoms with Crippen molar-refractivity contribution in [2.24, 2.45) is 0 Å². The number of aryl methyl sites for hydroxylation is 1. The standard InChI is InChI=1S/C11H13BrN2O/c1-8-4-5-9(7-13-8)14-6-2-3-10(12)11(14)15/h4-5,7,10H,2-3,6H2,1H3. The van der Waals surface area contributed by atoms with E-state index in [0.29, 0.717) is 0 Å². The number of hydrogen-bond acceptors (Lipinski definition) is 2. The maximum absolute atomic E-state index is 11.9. The second kappa shape index (κ2) is 4.31. The fraction of sp³-hybridized carbons (Fsp3) is 0.455. The summed E-state index contributed by atoms with van der Waals surface area (Å²) in [5.74, 6) is 0.145. The molecule has 15 heavy (non-hydrogen) atoms. The van der Waals surface area contributed by atoms with Gasteiger partial charge in [0.15, 0.2) is 0 Å². The zero-order valence-corrected chi connectivity index (χ0v) is 10.2. The first kappa shape index (κ1) is 10.6. The zero-order chi connectivity index (χ0) is 10.8.